The lowest BCUT2D eigenvalue weighted by molar-refractivity contribution is -0.138. The number of carbonyl (C=O) groups excluding carboxylic acids is 6. The molecule has 15 rings (SSSR count). The zero-order chi connectivity index (χ0) is 73.9. The first kappa shape index (κ1) is 70.6. The van der Waals surface area contributed by atoms with Crippen LogP contribution in [-0.4, -0.2) is 186 Å². The van der Waals surface area contributed by atoms with Gasteiger partial charge < -0.3 is 48.9 Å². The van der Waals surface area contributed by atoms with Crippen molar-refractivity contribution in [3.8, 4) is 46.0 Å². The van der Waals surface area contributed by atoms with Gasteiger partial charge in [-0.15, -0.1) is 0 Å². The third-order valence-corrected chi connectivity index (χ3v) is 21.3. The fourth-order valence-corrected chi connectivity index (χ4v) is 15.5. The molecule has 6 heterocycles. The van der Waals surface area contributed by atoms with E-state index in [-0.39, 0.29) is 132 Å². The minimum atomic E-state index is -1.43. The number of imide groups is 2. The topological polar surface area (TPSA) is 257 Å². The van der Waals surface area contributed by atoms with Crippen LogP contribution in [0.25, 0.3) is 43.1 Å². The Kier molecular flexibility index (Phi) is 19.4. The van der Waals surface area contributed by atoms with E-state index in [9.17, 15) is 10.2 Å². The minimum Gasteiger partial charge on any atom is -0.457 e. The van der Waals surface area contributed by atoms with Gasteiger partial charge in [-0.25, -0.2) is 9.97 Å². The quantitative estimate of drug-likeness (QED) is 0.0249. The lowest BCUT2D eigenvalue weighted by Gasteiger charge is -2.40. The Bertz CT molecular complexity index is 4600. The van der Waals surface area contributed by atoms with Gasteiger partial charge in [-0.05, 0) is 119 Å². The Balaban J connectivity index is 1.07. The molecular formula is C84H86N10O12. The van der Waals surface area contributed by atoms with E-state index in [1.165, 1.54) is 0 Å². The van der Waals surface area contributed by atoms with Crippen molar-refractivity contribution in [1.82, 2.24) is 49.3 Å². The van der Waals surface area contributed by atoms with Crippen molar-refractivity contribution >= 4 is 78.5 Å². The molecule has 22 nitrogen and oxygen atoms in total. The number of hydrogen-bond donors (Lipinski definition) is 4. The average molecular weight is 1430 g/mol. The van der Waals surface area contributed by atoms with Crippen LogP contribution < -0.4 is 18.9 Å². The highest BCUT2D eigenvalue weighted by molar-refractivity contribution is 6.45. The summed E-state index contributed by atoms with van der Waals surface area (Å²) in [6.45, 7) is 20.3. The molecule has 4 aliphatic heterocycles. The Hall–Kier alpha value is -11.0. The summed E-state index contributed by atoms with van der Waals surface area (Å²) in [5, 5.41) is 21.9. The van der Waals surface area contributed by atoms with E-state index in [0.717, 1.165) is 32.1 Å². The van der Waals surface area contributed by atoms with Gasteiger partial charge in [-0.2, -0.15) is 0 Å². The number of aliphatic hydroxyl groups is 2. The van der Waals surface area contributed by atoms with Gasteiger partial charge in [0.25, 0.3) is 23.6 Å². The van der Waals surface area contributed by atoms with E-state index in [2.05, 4.69) is 85.1 Å². The van der Waals surface area contributed by atoms with Crippen LogP contribution in [0.2, 0.25) is 0 Å². The van der Waals surface area contributed by atoms with Gasteiger partial charge in [0, 0.05) is 146 Å². The number of β-amino-alcohol motifs (C(OH)–C–C–N with tert-alkyl or cyclic N) is 2. The van der Waals surface area contributed by atoms with Crippen molar-refractivity contribution < 1.29 is 57.9 Å². The first-order chi connectivity index (χ1) is 51.2. The van der Waals surface area contributed by atoms with E-state index in [1.807, 2.05) is 97.1 Å². The molecule has 6 amide bonds. The Morgan fingerprint density at radius 1 is 0.387 bits per heavy atom. The molecule has 2 fully saturated rings. The second kappa shape index (κ2) is 29.1. The molecule has 22 heteroatoms. The number of amides is 6. The van der Waals surface area contributed by atoms with Gasteiger partial charge in [0.1, 0.15) is 69.7 Å². The van der Waals surface area contributed by atoms with Crippen LogP contribution in [0.5, 0.6) is 46.0 Å². The molecule has 2 unspecified atom stereocenters. The number of benzene rings is 9. The second-order valence-electron chi connectivity index (χ2n) is 29.2. The summed E-state index contributed by atoms with van der Waals surface area (Å²) in [6.07, 6.45) is 6.00. The minimum absolute atomic E-state index is 0.0110. The predicted molar refractivity (Wildman–Crippen MR) is 403 cm³/mol. The molecule has 0 spiro atoms. The van der Waals surface area contributed by atoms with Gasteiger partial charge in [0.05, 0.1) is 35.5 Å². The number of aromatic amines is 2. The lowest BCUT2D eigenvalue weighted by Crippen LogP contribution is -2.59. The van der Waals surface area contributed by atoms with Gasteiger partial charge in [-0.3, -0.25) is 48.4 Å². The Morgan fingerprint density at radius 3 is 0.877 bits per heavy atom. The summed E-state index contributed by atoms with van der Waals surface area (Å²) >= 11 is 0. The molecule has 544 valence electrons. The van der Waals surface area contributed by atoms with Gasteiger partial charge in [0.15, 0.2) is 0 Å². The molecule has 0 radical (unpaired) electrons. The number of rotatable bonds is 24. The second-order valence-corrected chi connectivity index (χ2v) is 29.2. The summed E-state index contributed by atoms with van der Waals surface area (Å²) in [5.74, 6) is -0.975. The zero-order valence-corrected chi connectivity index (χ0v) is 60.8. The number of H-pyrrole nitrogens is 2. The van der Waals surface area contributed by atoms with Crippen molar-refractivity contribution in [2.24, 2.45) is 0 Å². The molecule has 2 aromatic heterocycles. The molecule has 9 aromatic carbocycles. The highest BCUT2D eigenvalue weighted by atomic mass is 16.5. The summed E-state index contributed by atoms with van der Waals surface area (Å²) in [4.78, 5) is 122. The fraction of sp³-hybridized carbons (Fsp3) is 0.333. The Labute approximate surface area is 613 Å². The van der Waals surface area contributed by atoms with Gasteiger partial charge in [0.2, 0.25) is 11.8 Å². The highest BCUT2D eigenvalue weighted by Crippen LogP contribution is 2.58. The largest absolute Gasteiger partial charge is 0.457 e. The first-order valence-electron chi connectivity index (χ1n) is 36.7. The molecule has 0 aliphatic carbocycles. The number of imidazole rings is 2. The third kappa shape index (κ3) is 13.1. The van der Waals surface area contributed by atoms with Crippen LogP contribution in [0, 0.1) is 0 Å². The SMILES string of the molecule is CC(C)c1ccc(Oc2cc3c4c(cc(Oc5ccc(C(C)C)cc5)c5c6c(Oc7ccc(C(C)C)cc7)cc7c8c(cc(Oc9ccc(C(C)C)cc9)c(c2c45)c86)C(=O)N(C(Cc2ncc[nH]2)C(=O)N2CCN(CCO)CC2)C7=O)C(=O)N(C(Cc2ncc[nH]2)C(=O)N2CCN(CCO)CC2)C3=O)cc1. The van der Waals surface area contributed by atoms with Crippen molar-refractivity contribution in [2.45, 2.75) is 104 Å². The van der Waals surface area contributed by atoms with E-state index in [4.69, 9.17) is 18.9 Å². The van der Waals surface area contributed by atoms with Crippen LogP contribution in [0.4, 0.5) is 0 Å². The number of nitrogens with zero attached hydrogens (tertiary/aromatic N) is 8. The maximum atomic E-state index is 16.6. The smallest absolute Gasteiger partial charge is 0.262 e. The van der Waals surface area contributed by atoms with E-state index < -0.39 is 47.5 Å². The summed E-state index contributed by atoms with van der Waals surface area (Å²) < 4.78 is 29.4. The zero-order valence-electron chi connectivity index (χ0n) is 60.8. The van der Waals surface area contributed by atoms with Crippen molar-refractivity contribution in [1.29, 1.82) is 0 Å². The molecule has 0 saturated carbocycles. The maximum absolute atomic E-state index is 16.6. The van der Waals surface area contributed by atoms with E-state index in [1.54, 1.807) is 58.9 Å². The molecule has 0 bridgehead atoms. The van der Waals surface area contributed by atoms with Crippen LogP contribution >= 0.6 is 0 Å². The normalized spacial score (nSPS) is 15.8. The number of aromatic nitrogens is 4. The summed E-state index contributed by atoms with van der Waals surface area (Å²) in [6, 6.07) is 34.1. The number of fused-ring (bicyclic) bond motifs is 2. The van der Waals surface area contributed by atoms with Crippen molar-refractivity contribution in [2.75, 3.05) is 78.7 Å². The monoisotopic (exact) mass is 1430 g/mol. The van der Waals surface area contributed by atoms with Crippen LogP contribution in [0.3, 0.4) is 0 Å². The number of carbonyl (C=O) groups is 6. The molecule has 11 aromatic rings. The fourth-order valence-electron chi connectivity index (χ4n) is 15.5. The van der Waals surface area contributed by atoms with E-state index >= 15 is 28.8 Å². The summed E-state index contributed by atoms with van der Waals surface area (Å²) in [5.41, 5.74) is 4.15. The number of aliphatic hydroxyl groups excluding tert-OH is 2. The van der Waals surface area contributed by atoms with Gasteiger partial charge in [-0.1, -0.05) is 104 Å². The number of nitrogens with one attached hydrogen (secondary N) is 2. The maximum Gasteiger partial charge on any atom is 0.262 e. The lowest BCUT2D eigenvalue weighted by atomic mass is 9.80. The van der Waals surface area contributed by atoms with Crippen LogP contribution in [0.1, 0.15) is 154 Å². The molecule has 4 aliphatic rings. The van der Waals surface area contributed by atoms with Crippen molar-refractivity contribution in [3.63, 3.8) is 0 Å². The third-order valence-electron chi connectivity index (χ3n) is 21.3. The highest BCUT2D eigenvalue weighted by Gasteiger charge is 2.48. The van der Waals surface area contributed by atoms with Crippen molar-refractivity contribution in [3.05, 3.63) is 202 Å². The average Bonchev–Trinajstić information content (AvgIpc) is 0.697. The Morgan fingerprint density at radius 2 is 0.651 bits per heavy atom. The molecule has 2 saturated heterocycles. The molecular weight excluding hydrogens is 1340 g/mol. The standard InChI is InChI=1S/C84H86N10O12/c1-47(2)51-9-17-55(18-10-51)103-65-41-59-71-60(80(98)93(79(59)97)63(45-69-85-25-26-86-69)83(101)91-33-29-89(30-34-91)37-39-95)43-67(105-57-21-13-53(14-22-57)49(5)6)75-76-68(106-58-23-15-54(16-24-58)50(7)8)44-62-72-61(42-66(74(78(72)76)73(65)77(71)75)104-56-19-11-52(12-20-56)48(3)4)81(99)94(82(62)100)64(46-70-87-27-28-88-70)84(102)92-35-31-90(32-36-92)38-40-96/h9-28,41-44,47-50,63-64,95-96H,29-40,45-46H2,1-8H3,(H,85,86)(H,87,88). The number of piperazine rings is 2. The summed E-state index contributed by atoms with van der Waals surface area (Å²) in [7, 11) is 0. The molecule has 106 heavy (non-hydrogen) atoms. The number of hydrogen-bond acceptors (Lipinski definition) is 16. The van der Waals surface area contributed by atoms with Gasteiger partial charge >= 0.3 is 0 Å². The van der Waals surface area contributed by atoms with Crippen LogP contribution in [-0.2, 0) is 22.4 Å². The molecule has 2 atom stereocenters. The predicted octanol–water partition coefficient (Wildman–Crippen LogP) is 13.5. The van der Waals surface area contributed by atoms with Crippen LogP contribution in [0.15, 0.2) is 146 Å². The van der Waals surface area contributed by atoms with E-state index in [0.29, 0.717) is 106 Å². The molecule has 4 N–H and O–H groups in total. The first-order valence-corrected chi connectivity index (χ1v) is 36.7. The number of ether oxygens (including phenoxy) is 4.